The predicted octanol–water partition coefficient (Wildman–Crippen LogP) is 4.44. The number of nitro benzene ring substituents is 1. The summed E-state index contributed by atoms with van der Waals surface area (Å²) in [5.74, 6) is 0.285. The van der Waals surface area contributed by atoms with E-state index < -0.39 is 4.92 Å². The molecule has 29 heavy (non-hydrogen) atoms. The van der Waals surface area contributed by atoms with Crippen LogP contribution in [0.1, 0.15) is 5.56 Å². The Hall–Kier alpha value is -3.01. The molecule has 0 unspecified atom stereocenters. The van der Waals surface area contributed by atoms with Gasteiger partial charge in [0.2, 0.25) is 5.82 Å². The lowest BCUT2D eigenvalue weighted by molar-refractivity contribution is -0.384. The quantitative estimate of drug-likeness (QED) is 0.329. The summed E-state index contributed by atoms with van der Waals surface area (Å²) in [5.41, 5.74) is 1.84. The van der Waals surface area contributed by atoms with Crippen LogP contribution in [0.4, 0.5) is 5.69 Å². The minimum atomic E-state index is -0.456. The summed E-state index contributed by atoms with van der Waals surface area (Å²) < 4.78 is 1.45. The van der Waals surface area contributed by atoms with Crippen molar-refractivity contribution in [2.45, 2.75) is 6.54 Å². The highest BCUT2D eigenvalue weighted by molar-refractivity contribution is 6.36. The Labute approximate surface area is 178 Å². The maximum Gasteiger partial charge on any atom is 0.269 e. The van der Waals surface area contributed by atoms with Crippen LogP contribution in [-0.4, -0.2) is 34.9 Å². The van der Waals surface area contributed by atoms with E-state index in [-0.39, 0.29) is 16.7 Å². The third-order valence-corrected chi connectivity index (χ3v) is 4.91. The SMILES string of the molecule is O=[N+]([O-])c1ccc(Cn2nnc(-c3cnn(-c4ccc(Cl)cc4Cl)c3Cl)n2)cc1. The van der Waals surface area contributed by atoms with E-state index in [0.717, 1.165) is 5.56 Å². The van der Waals surface area contributed by atoms with Crippen molar-refractivity contribution in [3.8, 4) is 17.1 Å². The molecule has 0 atom stereocenters. The van der Waals surface area contributed by atoms with Crippen LogP contribution in [0.25, 0.3) is 17.1 Å². The van der Waals surface area contributed by atoms with Gasteiger partial charge in [0.15, 0.2) is 0 Å². The molecule has 12 heteroatoms. The summed E-state index contributed by atoms with van der Waals surface area (Å²) >= 11 is 18.6. The number of hydrogen-bond acceptors (Lipinski definition) is 6. The van der Waals surface area contributed by atoms with E-state index in [1.165, 1.54) is 27.8 Å². The number of aromatic nitrogens is 6. The molecule has 4 rings (SSSR count). The summed E-state index contributed by atoms with van der Waals surface area (Å²) in [7, 11) is 0. The number of nitro groups is 1. The molecule has 0 aliphatic heterocycles. The maximum absolute atomic E-state index is 10.7. The molecule has 0 bridgehead atoms. The summed E-state index contributed by atoms with van der Waals surface area (Å²) in [6.07, 6.45) is 1.51. The van der Waals surface area contributed by atoms with E-state index in [1.807, 2.05) is 0 Å². The number of nitrogens with zero attached hydrogens (tertiary/aromatic N) is 7. The van der Waals surface area contributed by atoms with Gasteiger partial charge in [-0.15, -0.1) is 10.2 Å². The van der Waals surface area contributed by atoms with Crippen LogP contribution in [0.2, 0.25) is 15.2 Å². The number of tetrazole rings is 1. The van der Waals surface area contributed by atoms with Gasteiger partial charge in [-0.3, -0.25) is 10.1 Å². The number of hydrogen-bond donors (Lipinski definition) is 0. The van der Waals surface area contributed by atoms with Gasteiger partial charge in [-0.1, -0.05) is 46.9 Å². The van der Waals surface area contributed by atoms with E-state index in [4.69, 9.17) is 34.8 Å². The number of halogens is 3. The van der Waals surface area contributed by atoms with Gasteiger partial charge in [-0.2, -0.15) is 9.90 Å². The molecule has 4 aromatic rings. The second kappa shape index (κ2) is 7.78. The number of benzene rings is 2. The van der Waals surface area contributed by atoms with Gasteiger partial charge < -0.3 is 0 Å². The van der Waals surface area contributed by atoms with Crippen molar-refractivity contribution in [2.75, 3.05) is 0 Å². The second-order valence-electron chi connectivity index (χ2n) is 5.92. The lowest BCUT2D eigenvalue weighted by Gasteiger charge is -2.06. The van der Waals surface area contributed by atoms with Crippen LogP contribution in [0.3, 0.4) is 0 Å². The van der Waals surface area contributed by atoms with Crippen molar-refractivity contribution in [1.29, 1.82) is 0 Å². The normalized spacial score (nSPS) is 11.0. The molecule has 0 aliphatic carbocycles. The van der Waals surface area contributed by atoms with E-state index in [9.17, 15) is 10.1 Å². The van der Waals surface area contributed by atoms with Crippen molar-refractivity contribution in [1.82, 2.24) is 30.0 Å². The molecule has 0 radical (unpaired) electrons. The van der Waals surface area contributed by atoms with Crippen LogP contribution in [0, 0.1) is 10.1 Å². The molecule has 2 heterocycles. The largest absolute Gasteiger partial charge is 0.269 e. The van der Waals surface area contributed by atoms with Crippen LogP contribution in [0.15, 0.2) is 48.7 Å². The molecule has 0 saturated heterocycles. The molecule has 2 aromatic carbocycles. The zero-order chi connectivity index (χ0) is 20.5. The highest BCUT2D eigenvalue weighted by atomic mass is 35.5. The Morgan fingerprint density at radius 1 is 1.07 bits per heavy atom. The maximum atomic E-state index is 10.7. The minimum absolute atomic E-state index is 0.0149. The fourth-order valence-electron chi connectivity index (χ4n) is 2.61. The molecule has 0 saturated carbocycles. The fraction of sp³-hybridized carbons (Fsp3) is 0.0588. The minimum Gasteiger partial charge on any atom is -0.258 e. The molecule has 0 spiro atoms. The van der Waals surface area contributed by atoms with Gasteiger partial charge in [-0.25, -0.2) is 4.68 Å². The van der Waals surface area contributed by atoms with Crippen LogP contribution in [-0.2, 0) is 6.54 Å². The Morgan fingerprint density at radius 2 is 1.83 bits per heavy atom. The lowest BCUT2D eigenvalue weighted by Crippen LogP contribution is -2.04. The Balaban J connectivity index is 1.58. The van der Waals surface area contributed by atoms with Crippen LogP contribution >= 0.6 is 34.8 Å². The Bertz CT molecular complexity index is 1200. The first-order valence-electron chi connectivity index (χ1n) is 8.13. The first kappa shape index (κ1) is 19.3. The molecule has 0 aliphatic rings. The monoisotopic (exact) mass is 449 g/mol. The predicted molar refractivity (Wildman–Crippen MR) is 108 cm³/mol. The van der Waals surface area contributed by atoms with Gasteiger partial charge in [0.25, 0.3) is 5.69 Å². The van der Waals surface area contributed by atoms with Gasteiger partial charge in [0, 0.05) is 17.2 Å². The van der Waals surface area contributed by atoms with E-state index in [1.54, 1.807) is 30.3 Å². The van der Waals surface area contributed by atoms with Crippen molar-refractivity contribution < 1.29 is 4.92 Å². The highest BCUT2D eigenvalue weighted by Crippen LogP contribution is 2.31. The van der Waals surface area contributed by atoms with Crippen molar-refractivity contribution in [3.05, 3.63) is 79.5 Å². The molecule has 2 aromatic heterocycles. The molecule has 0 fully saturated rings. The van der Waals surface area contributed by atoms with Gasteiger partial charge >= 0.3 is 0 Å². The van der Waals surface area contributed by atoms with Crippen LogP contribution in [0.5, 0.6) is 0 Å². The molecule has 0 N–H and O–H groups in total. The summed E-state index contributed by atoms with van der Waals surface area (Å²) in [6, 6.07) is 11.1. The second-order valence-corrected chi connectivity index (χ2v) is 7.13. The molecule has 0 amide bonds. The molecular weight excluding hydrogens is 441 g/mol. The molecule has 9 nitrogen and oxygen atoms in total. The van der Waals surface area contributed by atoms with Crippen molar-refractivity contribution >= 4 is 40.5 Å². The summed E-state index contributed by atoms with van der Waals surface area (Å²) in [4.78, 5) is 11.6. The fourth-order valence-corrected chi connectivity index (χ4v) is 3.37. The Morgan fingerprint density at radius 3 is 2.52 bits per heavy atom. The summed E-state index contributed by atoms with van der Waals surface area (Å²) in [6.45, 7) is 0.291. The van der Waals surface area contributed by atoms with E-state index >= 15 is 0 Å². The van der Waals surface area contributed by atoms with Crippen molar-refractivity contribution in [3.63, 3.8) is 0 Å². The first-order valence-corrected chi connectivity index (χ1v) is 9.26. The standard InChI is InChI=1S/C17H10Cl3N7O2/c18-11-3-6-15(14(19)7-11)26-16(20)13(8-21-26)17-22-24-25(23-17)9-10-1-4-12(5-2-10)27(28)29/h1-8H,9H2. The highest BCUT2D eigenvalue weighted by Gasteiger charge is 2.18. The van der Waals surface area contributed by atoms with Crippen LogP contribution < -0.4 is 0 Å². The number of non-ortho nitro benzene ring substituents is 1. The van der Waals surface area contributed by atoms with Gasteiger partial charge in [0.1, 0.15) is 5.15 Å². The Kier molecular flexibility index (Phi) is 5.18. The third-order valence-electron chi connectivity index (χ3n) is 4.01. The smallest absolute Gasteiger partial charge is 0.258 e. The van der Waals surface area contributed by atoms with Crippen molar-refractivity contribution in [2.24, 2.45) is 0 Å². The first-order chi connectivity index (χ1) is 13.9. The topological polar surface area (TPSA) is 105 Å². The number of rotatable bonds is 5. The third kappa shape index (κ3) is 3.93. The summed E-state index contributed by atoms with van der Waals surface area (Å²) in [5, 5.41) is 28.5. The molecular formula is C17H10Cl3N7O2. The average Bonchev–Trinajstić information content (AvgIpc) is 3.29. The lowest BCUT2D eigenvalue weighted by atomic mass is 10.2. The van der Waals surface area contributed by atoms with Gasteiger partial charge in [-0.05, 0) is 29.0 Å². The average molecular weight is 451 g/mol. The van der Waals surface area contributed by atoms with E-state index in [0.29, 0.717) is 27.8 Å². The van der Waals surface area contributed by atoms with E-state index in [2.05, 4.69) is 20.5 Å². The zero-order valence-corrected chi connectivity index (χ0v) is 16.7. The van der Waals surface area contributed by atoms with Gasteiger partial charge in [0.05, 0.1) is 33.9 Å². The molecule has 146 valence electrons. The zero-order valence-electron chi connectivity index (χ0n) is 14.4.